The molecule has 0 N–H and O–H groups in total. The molecule has 0 saturated carbocycles. The molecule has 98 valence electrons. The van der Waals surface area contributed by atoms with Crippen LogP contribution >= 0.6 is 22.9 Å². The molecular formula is C15H6ClF2NS. The SMILES string of the molecule is Fc1ccc(F)c2c1nc(Cl)c1sc3ccccc3c12. The summed E-state index contributed by atoms with van der Waals surface area (Å²) in [6, 6.07) is 9.78. The number of hydrogen-bond acceptors (Lipinski definition) is 2. The lowest BCUT2D eigenvalue weighted by atomic mass is 10.1. The normalized spacial score (nSPS) is 11.8. The third kappa shape index (κ3) is 1.49. The van der Waals surface area contributed by atoms with Gasteiger partial charge in [-0.25, -0.2) is 13.8 Å². The lowest BCUT2D eigenvalue weighted by molar-refractivity contribution is 0.616. The minimum atomic E-state index is -0.569. The Bertz CT molecular complexity index is 994. The van der Waals surface area contributed by atoms with Crippen molar-refractivity contribution < 1.29 is 8.78 Å². The van der Waals surface area contributed by atoms with E-state index in [1.54, 1.807) is 0 Å². The highest BCUT2D eigenvalue weighted by Gasteiger charge is 2.18. The maximum atomic E-state index is 14.2. The molecule has 0 saturated heterocycles. The summed E-state index contributed by atoms with van der Waals surface area (Å²) in [6.45, 7) is 0. The Labute approximate surface area is 121 Å². The fraction of sp³-hybridized carbons (Fsp3) is 0. The van der Waals surface area contributed by atoms with Gasteiger partial charge < -0.3 is 0 Å². The quantitative estimate of drug-likeness (QED) is 0.389. The second-order valence-corrected chi connectivity index (χ2v) is 5.87. The van der Waals surface area contributed by atoms with Gasteiger partial charge in [0.1, 0.15) is 22.3 Å². The highest BCUT2D eigenvalue weighted by Crippen LogP contribution is 2.42. The van der Waals surface area contributed by atoms with Gasteiger partial charge in [-0.15, -0.1) is 11.3 Å². The molecule has 2 aromatic heterocycles. The Hall–Kier alpha value is -1.78. The molecule has 0 bridgehead atoms. The van der Waals surface area contributed by atoms with E-state index < -0.39 is 11.6 Å². The van der Waals surface area contributed by atoms with Crippen LogP contribution in [0, 0.1) is 11.6 Å². The van der Waals surface area contributed by atoms with Crippen LogP contribution < -0.4 is 0 Å². The predicted octanol–water partition coefficient (Wildman–Crippen LogP) is 5.53. The number of fused-ring (bicyclic) bond motifs is 5. The molecule has 4 aromatic rings. The lowest BCUT2D eigenvalue weighted by Crippen LogP contribution is -1.90. The summed E-state index contributed by atoms with van der Waals surface area (Å²) in [6.07, 6.45) is 0. The van der Waals surface area contributed by atoms with E-state index in [1.165, 1.54) is 11.3 Å². The number of hydrogen-bond donors (Lipinski definition) is 0. The maximum absolute atomic E-state index is 14.2. The second kappa shape index (κ2) is 4.11. The number of benzene rings is 2. The molecule has 1 nitrogen and oxygen atoms in total. The summed E-state index contributed by atoms with van der Waals surface area (Å²) in [4.78, 5) is 4.02. The Morgan fingerprint density at radius 1 is 0.950 bits per heavy atom. The molecule has 0 unspecified atom stereocenters. The van der Waals surface area contributed by atoms with Gasteiger partial charge in [0.15, 0.2) is 0 Å². The molecule has 2 heterocycles. The third-order valence-corrected chi connectivity index (χ3v) is 4.88. The summed E-state index contributed by atoms with van der Waals surface area (Å²) in [5, 5.41) is 1.91. The average molecular weight is 306 g/mol. The summed E-state index contributed by atoms with van der Waals surface area (Å²) in [5.74, 6) is -1.06. The minimum absolute atomic E-state index is 0.0222. The van der Waals surface area contributed by atoms with Gasteiger partial charge in [0, 0.05) is 20.9 Å². The van der Waals surface area contributed by atoms with E-state index >= 15 is 0 Å². The first kappa shape index (κ1) is 12.0. The van der Waals surface area contributed by atoms with E-state index in [0.29, 0.717) is 10.1 Å². The first-order chi connectivity index (χ1) is 9.66. The maximum Gasteiger partial charge on any atom is 0.149 e. The molecule has 0 aliphatic rings. The van der Waals surface area contributed by atoms with Crippen molar-refractivity contribution in [2.45, 2.75) is 0 Å². The molecule has 0 fully saturated rings. The van der Waals surface area contributed by atoms with Gasteiger partial charge in [0.2, 0.25) is 0 Å². The van der Waals surface area contributed by atoms with Crippen molar-refractivity contribution in [2.75, 3.05) is 0 Å². The second-order valence-electron chi connectivity index (χ2n) is 4.46. The van der Waals surface area contributed by atoms with E-state index in [9.17, 15) is 8.78 Å². The van der Waals surface area contributed by atoms with Crippen LogP contribution in [0.5, 0.6) is 0 Å². The largest absolute Gasteiger partial charge is 0.231 e. The molecule has 0 aliphatic carbocycles. The lowest BCUT2D eigenvalue weighted by Gasteiger charge is -2.04. The zero-order valence-electron chi connectivity index (χ0n) is 9.95. The van der Waals surface area contributed by atoms with Gasteiger partial charge >= 0.3 is 0 Å². The fourth-order valence-electron chi connectivity index (χ4n) is 2.48. The predicted molar refractivity (Wildman–Crippen MR) is 79.6 cm³/mol. The van der Waals surface area contributed by atoms with Gasteiger partial charge in [-0.05, 0) is 18.2 Å². The van der Waals surface area contributed by atoms with E-state index in [2.05, 4.69) is 4.98 Å². The van der Waals surface area contributed by atoms with Crippen molar-refractivity contribution in [2.24, 2.45) is 0 Å². The van der Waals surface area contributed by atoms with Crippen LogP contribution in [0.15, 0.2) is 36.4 Å². The summed E-state index contributed by atoms with van der Waals surface area (Å²) in [5.41, 5.74) is -0.0222. The molecule has 5 heteroatoms. The number of aromatic nitrogens is 1. The topological polar surface area (TPSA) is 12.9 Å². The van der Waals surface area contributed by atoms with Crippen LogP contribution in [0.2, 0.25) is 5.15 Å². The Kier molecular flexibility index (Phi) is 2.46. The standard InChI is InChI=1S/C15H6ClF2NS/c16-15-14-11(7-3-1-2-4-10(7)20-14)12-8(17)5-6-9(18)13(12)19-15/h1-6H. The van der Waals surface area contributed by atoms with Crippen LogP contribution in [0.25, 0.3) is 31.1 Å². The van der Waals surface area contributed by atoms with E-state index in [0.717, 1.165) is 22.2 Å². The number of halogens is 3. The monoisotopic (exact) mass is 305 g/mol. The van der Waals surface area contributed by atoms with Crippen molar-refractivity contribution >= 4 is 54.0 Å². The van der Waals surface area contributed by atoms with Gasteiger partial charge in [-0.2, -0.15) is 0 Å². The van der Waals surface area contributed by atoms with Crippen molar-refractivity contribution in [1.29, 1.82) is 0 Å². The van der Waals surface area contributed by atoms with Crippen molar-refractivity contribution in [3.63, 3.8) is 0 Å². The molecule has 0 aliphatic heterocycles. The molecule has 20 heavy (non-hydrogen) atoms. The summed E-state index contributed by atoms with van der Waals surface area (Å²) < 4.78 is 29.7. The van der Waals surface area contributed by atoms with Crippen LogP contribution in [0.1, 0.15) is 0 Å². The molecule has 0 radical (unpaired) electrons. The molecule has 0 atom stereocenters. The molecule has 4 rings (SSSR count). The minimum Gasteiger partial charge on any atom is -0.231 e. The smallest absolute Gasteiger partial charge is 0.149 e. The fourth-order valence-corrected chi connectivity index (χ4v) is 3.86. The number of rotatable bonds is 0. The van der Waals surface area contributed by atoms with Crippen LogP contribution in [-0.2, 0) is 0 Å². The first-order valence-corrected chi connectivity index (χ1v) is 7.10. The average Bonchev–Trinajstić information content (AvgIpc) is 2.83. The zero-order valence-corrected chi connectivity index (χ0v) is 11.5. The van der Waals surface area contributed by atoms with Gasteiger partial charge in [0.25, 0.3) is 0 Å². The number of nitrogens with zero attached hydrogens (tertiary/aromatic N) is 1. The Morgan fingerprint density at radius 3 is 2.55 bits per heavy atom. The van der Waals surface area contributed by atoms with Crippen LogP contribution in [0.4, 0.5) is 8.78 Å². The zero-order chi connectivity index (χ0) is 13.9. The van der Waals surface area contributed by atoms with E-state index in [1.807, 2.05) is 24.3 Å². The summed E-state index contributed by atoms with van der Waals surface area (Å²) in [7, 11) is 0. The van der Waals surface area contributed by atoms with E-state index in [-0.39, 0.29) is 16.1 Å². The van der Waals surface area contributed by atoms with Gasteiger partial charge in [-0.3, -0.25) is 0 Å². The Morgan fingerprint density at radius 2 is 1.70 bits per heavy atom. The first-order valence-electron chi connectivity index (χ1n) is 5.91. The molecule has 0 amide bonds. The highest BCUT2D eigenvalue weighted by molar-refractivity contribution is 7.26. The number of pyridine rings is 1. The van der Waals surface area contributed by atoms with Crippen LogP contribution in [0.3, 0.4) is 0 Å². The van der Waals surface area contributed by atoms with Gasteiger partial charge in [0.05, 0.1) is 4.70 Å². The third-order valence-electron chi connectivity index (χ3n) is 3.32. The Balaban J connectivity index is 2.43. The van der Waals surface area contributed by atoms with Crippen LogP contribution in [-0.4, -0.2) is 4.98 Å². The molecule has 2 aromatic carbocycles. The van der Waals surface area contributed by atoms with Crippen molar-refractivity contribution in [3.8, 4) is 0 Å². The van der Waals surface area contributed by atoms with Gasteiger partial charge in [-0.1, -0.05) is 29.8 Å². The van der Waals surface area contributed by atoms with Crippen molar-refractivity contribution in [1.82, 2.24) is 4.98 Å². The van der Waals surface area contributed by atoms with Crippen molar-refractivity contribution in [3.05, 3.63) is 53.2 Å². The number of thiophene rings is 1. The molecule has 0 spiro atoms. The highest BCUT2D eigenvalue weighted by atomic mass is 35.5. The van der Waals surface area contributed by atoms with E-state index in [4.69, 9.17) is 11.6 Å². The summed E-state index contributed by atoms with van der Waals surface area (Å²) >= 11 is 7.58. The molecular weight excluding hydrogens is 300 g/mol.